The zero-order valence-corrected chi connectivity index (χ0v) is 13.5. The van der Waals surface area contributed by atoms with Gasteiger partial charge in [0.25, 0.3) is 0 Å². The second-order valence-electron chi connectivity index (χ2n) is 4.89. The van der Waals surface area contributed by atoms with Crippen molar-refractivity contribution in [2.24, 2.45) is 5.73 Å². The van der Waals surface area contributed by atoms with Crippen molar-refractivity contribution in [3.63, 3.8) is 0 Å². The van der Waals surface area contributed by atoms with E-state index >= 15 is 0 Å². The minimum atomic E-state index is -2.39. The van der Waals surface area contributed by atoms with Gasteiger partial charge in [-0.1, -0.05) is 6.42 Å². The van der Waals surface area contributed by atoms with Crippen LogP contribution in [-0.4, -0.2) is 67.4 Å². The van der Waals surface area contributed by atoms with Crippen molar-refractivity contribution >= 4 is 8.80 Å². The molecule has 1 rings (SSSR count). The number of hydrogen-bond donors (Lipinski definition) is 2. The van der Waals surface area contributed by atoms with E-state index in [4.69, 9.17) is 19.0 Å². The van der Waals surface area contributed by atoms with Gasteiger partial charge in [-0.05, 0) is 12.8 Å². The maximum atomic E-state index is 6.21. The van der Waals surface area contributed by atoms with Gasteiger partial charge in [-0.15, -0.1) is 0 Å². The van der Waals surface area contributed by atoms with Gasteiger partial charge in [0, 0.05) is 53.6 Å². The predicted molar refractivity (Wildman–Crippen MR) is 77.9 cm³/mol. The van der Waals surface area contributed by atoms with E-state index in [1.165, 1.54) is 0 Å². The Morgan fingerprint density at radius 2 is 1.68 bits per heavy atom. The van der Waals surface area contributed by atoms with Gasteiger partial charge in [0.1, 0.15) is 0 Å². The molecule has 1 fully saturated rings. The molecular weight excluding hydrogens is 262 g/mol. The molecule has 0 radical (unpaired) electrons. The van der Waals surface area contributed by atoms with Crippen LogP contribution in [-0.2, 0) is 13.3 Å². The van der Waals surface area contributed by atoms with E-state index in [0.717, 1.165) is 51.5 Å². The highest BCUT2D eigenvalue weighted by Gasteiger charge is 2.36. The fraction of sp³-hybridized carbons (Fsp3) is 1.00. The quantitative estimate of drug-likeness (QED) is 0.468. The largest absolute Gasteiger partial charge is 0.500 e. The van der Waals surface area contributed by atoms with Crippen molar-refractivity contribution in [1.29, 1.82) is 0 Å². The Bertz CT molecular complexity index is 228. The first-order valence-electron chi connectivity index (χ1n) is 7.03. The average Bonchev–Trinajstić information content (AvgIpc) is 2.49. The second-order valence-corrected chi connectivity index (χ2v) is 7.99. The van der Waals surface area contributed by atoms with Crippen LogP contribution < -0.4 is 11.1 Å². The minimum Gasteiger partial charge on any atom is -0.377 e. The van der Waals surface area contributed by atoms with Gasteiger partial charge in [0.2, 0.25) is 0 Å². The number of hydrogen-bond acceptors (Lipinski definition) is 6. The lowest BCUT2D eigenvalue weighted by Gasteiger charge is -2.32. The molecule has 1 atom stereocenters. The first kappa shape index (κ1) is 17.0. The molecule has 1 heterocycles. The predicted octanol–water partition coefficient (Wildman–Crippen LogP) is 0.225. The van der Waals surface area contributed by atoms with Crippen LogP contribution in [0.5, 0.6) is 0 Å². The Balaban J connectivity index is 2.18. The first-order valence-corrected chi connectivity index (χ1v) is 8.96. The van der Waals surface area contributed by atoms with Gasteiger partial charge < -0.3 is 24.3 Å². The van der Waals surface area contributed by atoms with Crippen molar-refractivity contribution in [1.82, 2.24) is 10.2 Å². The molecule has 0 amide bonds. The lowest BCUT2D eigenvalue weighted by atomic mass is 10.2. The highest BCUT2D eigenvalue weighted by atomic mass is 28.4. The summed E-state index contributed by atoms with van der Waals surface area (Å²) < 4.78 is 16.2. The van der Waals surface area contributed by atoms with E-state index in [1.807, 2.05) is 0 Å². The minimum absolute atomic E-state index is 0.172. The third-order valence-corrected chi connectivity index (χ3v) is 6.62. The van der Waals surface area contributed by atoms with Crippen LogP contribution in [0, 0.1) is 0 Å². The zero-order chi connectivity index (χ0) is 14.1. The molecule has 0 aromatic carbocycles. The third kappa shape index (κ3) is 5.47. The van der Waals surface area contributed by atoms with Crippen LogP contribution in [0.2, 0.25) is 6.04 Å². The molecule has 6 nitrogen and oxygen atoms in total. The van der Waals surface area contributed by atoms with E-state index in [2.05, 4.69) is 10.2 Å². The smallest absolute Gasteiger partial charge is 0.377 e. The summed E-state index contributed by atoms with van der Waals surface area (Å²) in [7, 11) is 2.58. The van der Waals surface area contributed by atoms with E-state index in [1.54, 1.807) is 21.3 Å². The average molecular weight is 291 g/mol. The van der Waals surface area contributed by atoms with Crippen LogP contribution in [0.3, 0.4) is 0 Å². The molecule has 114 valence electrons. The molecule has 19 heavy (non-hydrogen) atoms. The summed E-state index contributed by atoms with van der Waals surface area (Å²) in [5, 5.41) is 3.34. The topological polar surface area (TPSA) is 69.0 Å². The summed E-state index contributed by atoms with van der Waals surface area (Å²) >= 11 is 0. The van der Waals surface area contributed by atoms with Crippen molar-refractivity contribution in [2.45, 2.75) is 31.5 Å². The summed E-state index contributed by atoms with van der Waals surface area (Å²) in [6.07, 6.45) is 3.30. The molecule has 1 saturated heterocycles. The van der Waals surface area contributed by atoms with E-state index in [-0.39, 0.29) is 6.17 Å². The molecule has 3 N–H and O–H groups in total. The molecule has 1 aliphatic rings. The highest BCUT2D eigenvalue weighted by molar-refractivity contribution is 6.60. The normalized spacial score (nSPS) is 19.6. The maximum absolute atomic E-state index is 6.21. The lowest BCUT2D eigenvalue weighted by molar-refractivity contribution is 0.121. The van der Waals surface area contributed by atoms with Crippen LogP contribution in [0.15, 0.2) is 0 Å². The standard InChI is InChI=1S/C12H29N3O3Si/c1-16-19(17-2,18-3)11-5-4-6-12(13)15-9-7-14-8-10-15/h12,14H,4-11,13H2,1-3H3. The molecule has 0 spiro atoms. The summed E-state index contributed by atoms with van der Waals surface area (Å²) in [5.74, 6) is 0. The number of unbranched alkanes of at least 4 members (excludes halogenated alkanes) is 1. The Hall–Kier alpha value is -0.0231. The SMILES string of the molecule is CO[Si](CCCCC(N)N1CCNCC1)(OC)OC. The fourth-order valence-corrected chi connectivity index (χ4v) is 4.24. The Labute approximate surface area is 117 Å². The van der Waals surface area contributed by atoms with Gasteiger partial charge in [-0.2, -0.15) is 0 Å². The molecule has 7 heteroatoms. The van der Waals surface area contributed by atoms with Crippen molar-refractivity contribution in [3.05, 3.63) is 0 Å². The molecule has 0 bridgehead atoms. The van der Waals surface area contributed by atoms with Gasteiger partial charge in [0.15, 0.2) is 0 Å². The fourth-order valence-electron chi connectivity index (χ4n) is 2.45. The number of piperazine rings is 1. The van der Waals surface area contributed by atoms with E-state index in [9.17, 15) is 0 Å². The molecule has 0 aromatic heterocycles. The second kappa shape index (κ2) is 9.01. The number of rotatable bonds is 9. The summed E-state index contributed by atoms with van der Waals surface area (Å²) in [4.78, 5) is 2.35. The zero-order valence-electron chi connectivity index (χ0n) is 12.5. The van der Waals surface area contributed by atoms with Gasteiger partial charge in [-0.25, -0.2) is 0 Å². The van der Waals surface area contributed by atoms with Gasteiger partial charge in [-0.3, -0.25) is 4.90 Å². The van der Waals surface area contributed by atoms with Crippen LogP contribution >= 0.6 is 0 Å². The molecule has 0 aliphatic carbocycles. The molecule has 0 saturated carbocycles. The summed E-state index contributed by atoms with van der Waals surface area (Å²) in [5.41, 5.74) is 6.21. The monoisotopic (exact) mass is 291 g/mol. The van der Waals surface area contributed by atoms with Gasteiger partial charge in [0.05, 0.1) is 6.17 Å². The maximum Gasteiger partial charge on any atom is 0.500 e. The lowest BCUT2D eigenvalue weighted by Crippen LogP contribution is -2.51. The molecule has 1 aliphatic heterocycles. The van der Waals surface area contributed by atoms with E-state index in [0.29, 0.717) is 0 Å². The van der Waals surface area contributed by atoms with Crippen LogP contribution in [0.25, 0.3) is 0 Å². The van der Waals surface area contributed by atoms with Crippen molar-refractivity contribution < 1.29 is 13.3 Å². The summed E-state index contributed by atoms with van der Waals surface area (Å²) in [6.45, 7) is 4.18. The number of nitrogens with zero attached hydrogens (tertiary/aromatic N) is 1. The van der Waals surface area contributed by atoms with Crippen molar-refractivity contribution in [3.8, 4) is 0 Å². The van der Waals surface area contributed by atoms with E-state index < -0.39 is 8.80 Å². The number of nitrogens with one attached hydrogen (secondary N) is 1. The van der Waals surface area contributed by atoms with Gasteiger partial charge >= 0.3 is 8.80 Å². The summed E-state index contributed by atoms with van der Waals surface area (Å²) in [6, 6.07) is 0.852. The van der Waals surface area contributed by atoms with Crippen LogP contribution in [0.4, 0.5) is 0 Å². The van der Waals surface area contributed by atoms with Crippen LogP contribution in [0.1, 0.15) is 19.3 Å². The first-order chi connectivity index (χ1) is 9.17. The Kier molecular flexibility index (Phi) is 8.08. The third-order valence-electron chi connectivity index (χ3n) is 3.79. The Morgan fingerprint density at radius 3 is 2.21 bits per heavy atom. The number of nitrogens with two attached hydrogens (primary N) is 1. The van der Waals surface area contributed by atoms with Crippen molar-refractivity contribution in [2.75, 3.05) is 47.5 Å². The molecule has 1 unspecified atom stereocenters. The highest BCUT2D eigenvalue weighted by Crippen LogP contribution is 2.18. The molecule has 0 aromatic rings. The molecular formula is C12H29N3O3Si. The Morgan fingerprint density at radius 1 is 1.11 bits per heavy atom.